The first-order valence-electron chi connectivity index (χ1n) is 4.67. The van der Waals surface area contributed by atoms with Gasteiger partial charge in [-0.2, -0.15) is 0 Å². The van der Waals surface area contributed by atoms with E-state index in [0.29, 0.717) is 5.69 Å². The number of fused-ring (bicyclic) bond motifs is 1. The van der Waals surface area contributed by atoms with Crippen LogP contribution >= 0.6 is 0 Å². The second kappa shape index (κ2) is 3.20. The summed E-state index contributed by atoms with van der Waals surface area (Å²) in [6.45, 7) is 1.84. The first-order valence-corrected chi connectivity index (χ1v) is 6.32. The van der Waals surface area contributed by atoms with Crippen LogP contribution in [0.4, 0.5) is 10.1 Å². The van der Waals surface area contributed by atoms with Crippen molar-refractivity contribution in [2.24, 2.45) is 0 Å². The first-order chi connectivity index (χ1) is 6.92. The van der Waals surface area contributed by atoms with Crippen molar-refractivity contribution in [2.45, 2.75) is 17.9 Å². The highest BCUT2D eigenvalue weighted by Crippen LogP contribution is 2.32. The molecule has 1 aliphatic heterocycles. The number of halogens is 1. The van der Waals surface area contributed by atoms with Crippen LogP contribution in [0.25, 0.3) is 0 Å². The van der Waals surface area contributed by atoms with Crippen LogP contribution in [0.1, 0.15) is 6.92 Å². The van der Waals surface area contributed by atoms with Crippen LogP contribution in [-0.4, -0.2) is 27.3 Å². The lowest BCUT2D eigenvalue weighted by atomic mass is 10.2. The minimum atomic E-state index is -3.33. The third-order valence-electron chi connectivity index (χ3n) is 2.76. The quantitative estimate of drug-likeness (QED) is 0.675. The van der Waals surface area contributed by atoms with E-state index in [2.05, 4.69) is 0 Å². The highest BCUT2D eigenvalue weighted by atomic mass is 32.2. The van der Waals surface area contributed by atoms with E-state index in [1.54, 1.807) is 0 Å². The predicted octanol–water partition coefficient (Wildman–Crippen LogP) is 1.44. The summed E-state index contributed by atoms with van der Waals surface area (Å²) < 4.78 is 36.6. The maximum atomic E-state index is 13.0. The van der Waals surface area contributed by atoms with Crippen molar-refractivity contribution in [1.82, 2.24) is 0 Å². The Labute approximate surface area is 88.4 Å². The largest absolute Gasteiger partial charge is 0.370 e. The molecule has 0 aliphatic carbocycles. The van der Waals surface area contributed by atoms with E-state index in [-0.39, 0.29) is 16.7 Å². The number of rotatable bonds is 0. The van der Waals surface area contributed by atoms with Gasteiger partial charge in [0.25, 0.3) is 0 Å². The smallest absolute Gasteiger partial charge is 0.182 e. The number of anilines is 1. The van der Waals surface area contributed by atoms with Crippen LogP contribution in [0, 0.1) is 5.82 Å². The lowest BCUT2D eigenvalue weighted by Gasteiger charge is -2.33. The summed E-state index contributed by atoms with van der Waals surface area (Å²) in [5, 5.41) is 0. The molecular weight excluding hydrogens is 217 g/mol. The molecule has 0 aromatic heterocycles. The molecule has 0 spiro atoms. The Balaban J connectivity index is 2.70. The van der Waals surface area contributed by atoms with Crippen LogP contribution in [0.15, 0.2) is 23.1 Å². The van der Waals surface area contributed by atoms with Gasteiger partial charge in [-0.1, -0.05) is 0 Å². The van der Waals surface area contributed by atoms with Gasteiger partial charge in [0.05, 0.1) is 16.3 Å². The molecule has 0 saturated heterocycles. The van der Waals surface area contributed by atoms with Gasteiger partial charge in [0.2, 0.25) is 0 Å². The van der Waals surface area contributed by atoms with E-state index in [0.717, 1.165) is 6.07 Å². The van der Waals surface area contributed by atoms with E-state index in [1.807, 2.05) is 18.9 Å². The molecule has 1 aromatic rings. The van der Waals surface area contributed by atoms with Gasteiger partial charge in [-0.15, -0.1) is 0 Å². The third-order valence-corrected chi connectivity index (χ3v) is 4.68. The Morgan fingerprint density at radius 2 is 2.13 bits per heavy atom. The van der Waals surface area contributed by atoms with Crippen LogP contribution in [0.3, 0.4) is 0 Å². The number of sulfone groups is 1. The Morgan fingerprint density at radius 3 is 2.80 bits per heavy atom. The number of benzene rings is 1. The van der Waals surface area contributed by atoms with Crippen molar-refractivity contribution in [3.63, 3.8) is 0 Å². The monoisotopic (exact) mass is 229 g/mol. The van der Waals surface area contributed by atoms with Crippen LogP contribution in [-0.2, 0) is 9.84 Å². The molecule has 5 heteroatoms. The van der Waals surface area contributed by atoms with Crippen LogP contribution < -0.4 is 4.90 Å². The molecule has 0 amide bonds. The maximum Gasteiger partial charge on any atom is 0.182 e. The second-order valence-electron chi connectivity index (χ2n) is 3.85. The SMILES string of the molecule is CC1CS(=O)(=O)c2cc(F)ccc2N1C. The van der Waals surface area contributed by atoms with Crippen molar-refractivity contribution >= 4 is 15.5 Å². The summed E-state index contributed by atoms with van der Waals surface area (Å²) in [6, 6.07) is 3.81. The first kappa shape index (κ1) is 10.4. The number of hydrogen-bond donors (Lipinski definition) is 0. The molecule has 0 N–H and O–H groups in total. The normalized spacial score (nSPS) is 23.7. The van der Waals surface area contributed by atoms with E-state index in [4.69, 9.17) is 0 Å². The zero-order chi connectivity index (χ0) is 11.2. The molecule has 3 nitrogen and oxygen atoms in total. The Morgan fingerprint density at radius 1 is 1.47 bits per heavy atom. The average molecular weight is 229 g/mol. The van der Waals surface area contributed by atoms with Gasteiger partial charge in [-0.05, 0) is 25.1 Å². The van der Waals surface area contributed by atoms with E-state index >= 15 is 0 Å². The van der Waals surface area contributed by atoms with Crippen molar-refractivity contribution in [3.8, 4) is 0 Å². The topological polar surface area (TPSA) is 37.4 Å². The summed E-state index contributed by atoms with van der Waals surface area (Å²) in [5.74, 6) is -0.472. The highest BCUT2D eigenvalue weighted by molar-refractivity contribution is 7.91. The van der Waals surface area contributed by atoms with Gasteiger partial charge in [0.1, 0.15) is 5.82 Å². The zero-order valence-electron chi connectivity index (χ0n) is 8.57. The fourth-order valence-corrected chi connectivity index (χ4v) is 3.65. The summed E-state index contributed by atoms with van der Waals surface area (Å²) in [7, 11) is -1.51. The molecule has 0 bridgehead atoms. The Kier molecular flexibility index (Phi) is 2.22. The lowest BCUT2D eigenvalue weighted by molar-refractivity contribution is 0.574. The molecule has 1 aromatic carbocycles. The molecule has 1 unspecified atom stereocenters. The molecule has 2 rings (SSSR count). The molecule has 1 heterocycles. The Hall–Kier alpha value is -1.10. The Bertz CT molecular complexity index is 498. The van der Waals surface area contributed by atoms with Gasteiger partial charge < -0.3 is 4.90 Å². The van der Waals surface area contributed by atoms with E-state index < -0.39 is 15.7 Å². The van der Waals surface area contributed by atoms with Gasteiger partial charge in [-0.3, -0.25) is 0 Å². The molecule has 0 saturated carbocycles. The molecule has 15 heavy (non-hydrogen) atoms. The molecule has 82 valence electrons. The van der Waals surface area contributed by atoms with E-state index in [9.17, 15) is 12.8 Å². The fraction of sp³-hybridized carbons (Fsp3) is 0.400. The summed E-state index contributed by atoms with van der Waals surface area (Å²) in [4.78, 5) is 1.96. The van der Waals surface area contributed by atoms with Crippen molar-refractivity contribution in [3.05, 3.63) is 24.0 Å². The van der Waals surface area contributed by atoms with Crippen molar-refractivity contribution in [1.29, 1.82) is 0 Å². The van der Waals surface area contributed by atoms with Gasteiger partial charge in [-0.25, -0.2) is 12.8 Å². The molecule has 0 radical (unpaired) electrons. The van der Waals surface area contributed by atoms with Gasteiger partial charge in [0.15, 0.2) is 9.84 Å². The predicted molar refractivity (Wildman–Crippen MR) is 56.3 cm³/mol. The zero-order valence-corrected chi connectivity index (χ0v) is 9.38. The highest BCUT2D eigenvalue weighted by Gasteiger charge is 2.31. The molecular formula is C10H12FNO2S. The van der Waals surface area contributed by atoms with Crippen LogP contribution in [0.2, 0.25) is 0 Å². The second-order valence-corrected chi connectivity index (χ2v) is 5.86. The minimum Gasteiger partial charge on any atom is -0.370 e. The van der Waals surface area contributed by atoms with E-state index in [1.165, 1.54) is 12.1 Å². The minimum absolute atomic E-state index is 0.0416. The van der Waals surface area contributed by atoms with Crippen molar-refractivity contribution < 1.29 is 12.8 Å². The number of nitrogens with zero attached hydrogens (tertiary/aromatic N) is 1. The average Bonchev–Trinajstić information content (AvgIpc) is 2.14. The summed E-state index contributed by atoms with van der Waals surface area (Å²) in [6.07, 6.45) is 0. The maximum absolute atomic E-state index is 13.0. The van der Waals surface area contributed by atoms with Gasteiger partial charge in [0, 0.05) is 13.1 Å². The third kappa shape index (κ3) is 1.61. The molecule has 0 fully saturated rings. The fourth-order valence-electron chi connectivity index (χ4n) is 1.79. The summed E-state index contributed by atoms with van der Waals surface area (Å²) >= 11 is 0. The standard InChI is InChI=1S/C10H12FNO2S/c1-7-6-15(13,14)10-5-8(11)3-4-9(10)12(7)2/h3-5,7H,6H2,1-2H3. The lowest BCUT2D eigenvalue weighted by Crippen LogP contribution is -2.40. The van der Waals surface area contributed by atoms with Crippen molar-refractivity contribution in [2.75, 3.05) is 17.7 Å². The van der Waals surface area contributed by atoms with Gasteiger partial charge >= 0.3 is 0 Å². The number of hydrogen-bond acceptors (Lipinski definition) is 3. The van der Waals surface area contributed by atoms with Crippen LogP contribution in [0.5, 0.6) is 0 Å². The molecule has 1 atom stereocenters. The summed E-state index contributed by atoms with van der Waals surface area (Å²) in [5.41, 5.74) is 0.579. The molecule has 1 aliphatic rings.